The van der Waals surface area contributed by atoms with Crippen molar-refractivity contribution >= 4 is 11.8 Å². The summed E-state index contributed by atoms with van der Waals surface area (Å²) < 4.78 is 6.91. The van der Waals surface area contributed by atoms with Gasteiger partial charge in [0.05, 0.1) is 5.69 Å². The van der Waals surface area contributed by atoms with Gasteiger partial charge in [0.15, 0.2) is 0 Å². The predicted octanol–water partition coefficient (Wildman–Crippen LogP) is 0.723. The van der Waals surface area contributed by atoms with Crippen LogP contribution in [0.4, 0.5) is 0 Å². The Morgan fingerprint density at radius 1 is 1.28 bits per heavy atom. The van der Waals surface area contributed by atoms with Gasteiger partial charge >= 0.3 is 0 Å². The van der Waals surface area contributed by atoms with Crippen molar-refractivity contribution in [2.75, 3.05) is 0 Å². The molecule has 7 nitrogen and oxygen atoms in total. The average Bonchev–Trinajstić information content (AvgIpc) is 2.75. The summed E-state index contributed by atoms with van der Waals surface area (Å²) in [5, 5.41) is 11.5. The third-order valence-electron chi connectivity index (χ3n) is 2.40. The summed E-state index contributed by atoms with van der Waals surface area (Å²) >= 11 is 0. The van der Waals surface area contributed by atoms with Crippen LogP contribution in [0.3, 0.4) is 0 Å². The van der Waals surface area contributed by atoms with Gasteiger partial charge in [-0.3, -0.25) is 4.79 Å². The number of nitrogens with one attached hydrogen (secondary N) is 1. The monoisotopic (exact) mass is 243 g/mol. The zero-order chi connectivity index (χ0) is 12.5. The highest BCUT2D eigenvalue weighted by Gasteiger charge is 2.25. The second-order valence-electron chi connectivity index (χ2n) is 3.66. The fourth-order valence-electron chi connectivity index (χ4n) is 1.59. The molecule has 2 aromatic rings. The number of nitrogens with zero attached hydrogens (tertiary/aromatic N) is 4. The molecule has 1 aliphatic rings. The molecule has 1 aliphatic heterocycles. The maximum Gasteiger partial charge on any atom is 0.297 e. The molecule has 1 amide bonds. The number of amides is 1. The summed E-state index contributed by atoms with van der Waals surface area (Å²) in [4.78, 5) is 11.7. The maximum atomic E-state index is 11.7. The molecule has 1 aromatic heterocycles. The molecule has 1 aromatic carbocycles. The van der Waals surface area contributed by atoms with Gasteiger partial charge in [-0.05, 0) is 12.1 Å². The second-order valence-corrected chi connectivity index (χ2v) is 3.66. The Kier molecular flexibility index (Phi) is 2.30. The van der Waals surface area contributed by atoms with Gasteiger partial charge in [-0.1, -0.05) is 23.4 Å². The molecule has 3 rings (SSSR count). The quantitative estimate of drug-likeness (QED) is 0.800. The van der Waals surface area contributed by atoms with E-state index in [1.54, 1.807) is 6.92 Å². The summed E-state index contributed by atoms with van der Waals surface area (Å²) in [7, 11) is 0. The van der Waals surface area contributed by atoms with E-state index in [9.17, 15) is 4.79 Å². The lowest BCUT2D eigenvalue weighted by molar-refractivity contribution is 0.0950. The molecule has 7 heteroatoms. The van der Waals surface area contributed by atoms with Gasteiger partial charge in [-0.15, -0.1) is 10.2 Å². The van der Waals surface area contributed by atoms with Crippen molar-refractivity contribution in [3.8, 4) is 11.6 Å². The van der Waals surface area contributed by atoms with Crippen molar-refractivity contribution in [3.05, 3.63) is 36.0 Å². The van der Waals surface area contributed by atoms with Crippen molar-refractivity contribution in [1.82, 2.24) is 20.4 Å². The number of hydrogen-bond donors (Lipinski definition) is 1. The number of para-hydroxylation sites is 1. The van der Waals surface area contributed by atoms with Crippen LogP contribution in [0.15, 0.2) is 35.4 Å². The van der Waals surface area contributed by atoms with Crippen molar-refractivity contribution in [2.24, 2.45) is 5.10 Å². The Morgan fingerprint density at radius 2 is 2.06 bits per heavy atom. The zero-order valence-corrected chi connectivity index (χ0v) is 9.49. The van der Waals surface area contributed by atoms with E-state index in [-0.39, 0.29) is 11.6 Å². The van der Waals surface area contributed by atoms with Crippen LogP contribution in [0.25, 0.3) is 5.69 Å². The Hall–Kier alpha value is -2.70. The largest absolute Gasteiger partial charge is 0.421 e. The fraction of sp³-hybridized carbons (Fsp3) is 0.0909. The molecule has 0 saturated heterocycles. The number of rotatable bonds is 1. The number of aromatic nitrogens is 3. The molecule has 0 bridgehead atoms. The molecular weight excluding hydrogens is 234 g/mol. The number of fused-ring (bicyclic) bond motifs is 1. The molecule has 2 heterocycles. The molecule has 0 radical (unpaired) electrons. The van der Waals surface area contributed by atoms with Crippen LogP contribution < -0.4 is 10.2 Å². The first-order valence-corrected chi connectivity index (χ1v) is 5.29. The summed E-state index contributed by atoms with van der Waals surface area (Å²) in [6, 6.07) is 9.29. The third-order valence-corrected chi connectivity index (χ3v) is 2.40. The number of carbonyl (C=O) groups is 1. The first-order chi connectivity index (χ1) is 8.75. The van der Waals surface area contributed by atoms with E-state index in [2.05, 4.69) is 20.8 Å². The van der Waals surface area contributed by atoms with Crippen molar-refractivity contribution in [3.63, 3.8) is 0 Å². The number of carbonyl (C=O) groups excluding carboxylic acids is 1. The van der Waals surface area contributed by atoms with Gasteiger partial charge < -0.3 is 4.74 Å². The molecule has 90 valence electrons. The van der Waals surface area contributed by atoms with Crippen LogP contribution >= 0.6 is 0 Å². The number of hydrazone groups is 1. The van der Waals surface area contributed by atoms with Gasteiger partial charge in [0.1, 0.15) is 0 Å². The Labute approximate surface area is 102 Å². The molecule has 18 heavy (non-hydrogen) atoms. The highest BCUT2D eigenvalue weighted by molar-refractivity contribution is 5.97. The van der Waals surface area contributed by atoms with Gasteiger partial charge in [-0.2, -0.15) is 4.68 Å². The normalized spacial score (nSPS) is 14.1. The molecular formula is C11H9N5O2. The topological polar surface area (TPSA) is 81.4 Å². The van der Waals surface area contributed by atoms with Crippen LogP contribution in [0, 0.1) is 0 Å². The Bertz CT molecular complexity index is 632. The number of benzene rings is 1. The van der Waals surface area contributed by atoms with Gasteiger partial charge in [0, 0.05) is 6.92 Å². The third kappa shape index (κ3) is 1.61. The molecule has 0 saturated carbocycles. The lowest BCUT2D eigenvalue weighted by Gasteiger charge is -2.05. The molecule has 0 fully saturated rings. The Morgan fingerprint density at radius 3 is 2.83 bits per heavy atom. The molecule has 0 unspecified atom stereocenters. The van der Waals surface area contributed by atoms with Crippen LogP contribution in [0.1, 0.15) is 17.4 Å². The van der Waals surface area contributed by atoms with Crippen molar-refractivity contribution in [2.45, 2.75) is 6.92 Å². The fourth-order valence-corrected chi connectivity index (χ4v) is 1.59. The van der Waals surface area contributed by atoms with Crippen LogP contribution in [0.2, 0.25) is 0 Å². The number of hydrogen-bond acceptors (Lipinski definition) is 5. The zero-order valence-electron chi connectivity index (χ0n) is 9.49. The summed E-state index contributed by atoms with van der Waals surface area (Å²) in [6.45, 7) is 1.64. The second kappa shape index (κ2) is 3.95. The van der Waals surface area contributed by atoms with Crippen molar-refractivity contribution in [1.29, 1.82) is 0 Å². The van der Waals surface area contributed by atoms with E-state index >= 15 is 0 Å². The predicted molar refractivity (Wildman–Crippen MR) is 62.6 cm³/mol. The first kappa shape index (κ1) is 10.5. The van der Waals surface area contributed by atoms with E-state index in [4.69, 9.17) is 4.74 Å². The summed E-state index contributed by atoms with van der Waals surface area (Å²) in [5.74, 6) is 0.142. The Balaban J connectivity index is 2.15. The van der Waals surface area contributed by atoms with Crippen LogP contribution in [0.5, 0.6) is 5.88 Å². The van der Waals surface area contributed by atoms with E-state index in [0.29, 0.717) is 5.90 Å². The minimum atomic E-state index is -0.441. The minimum Gasteiger partial charge on any atom is -0.421 e. The standard InChI is InChI=1S/C11H9N5O2/c1-7-12-14-10(17)9-11(18-7)16(15-13-9)8-5-3-2-4-6-8/h2-6H,1H3,(H,14,17). The lowest BCUT2D eigenvalue weighted by Crippen LogP contribution is -2.17. The van der Waals surface area contributed by atoms with Crippen molar-refractivity contribution < 1.29 is 9.53 Å². The van der Waals surface area contributed by atoms with E-state index < -0.39 is 5.91 Å². The average molecular weight is 243 g/mol. The van der Waals surface area contributed by atoms with Gasteiger partial charge in [0.2, 0.25) is 11.6 Å². The van der Waals surface area contributed by atoms with Gasteiger partial charge in [-0.25, -0.2) is 5.43 Å². The lowest BCUT2D eigenvalue weighted by atomic mass is 10.3. The minimum absolute atomic E-state index is 0.111. The maximum absolute atomic E-state index is 11.7. The van der Waals surface area contributed by atoms with Crippen LogP contribution in [-0.4, -0.2) is 26.8 Å². The highest BCUT2D eigenvalue weighted by atomic mass is 16.5. The molecule has 0 aliphatic carbocycles. The summed E-state index contributed by atoms with van der Waals surface area (Å²) in [5.41, 5.74) is 3.19. The van der Waals surface area contributed by atoms with Crippen LogP contribution in [-0.2, 0) is 0 Å². The first-order valence-electron chi connectivity index (χ1n) is 5.29. The van der Waals surface area contributed by atoms with E-state index in [1.165, 1.54) is 4.68 Å². The SMILES string of the molecule is CC1=NNC(=O)c2nnn(-c3ccccc3)c2O1. The molecule has 1 N–H and O–H groups in total. The highest BCUT2D eigenvalue weighted by Crippen LogP contribution is 2.22. The molecule has 0 atom stereocenters. The smallest absolute Gasteiger partial charge is 0.297 e. The number of ether oxygens (including phenoxy) is 1. The van der Waals surface area contributed by atoms with Gasteiger partial charge in [0.25, 0.3) is 11.8 Å². The molecule has 0 spiro atoms. The summed E-state index contributed by atoms with van der Waals surface area (Å²) in [6.07, 6.45) is 0. The van der Waals surface area contributed by atoms with E-state index in [1.807, 2.05) is 30.3 Å². The van der Waals surface area contributed by atoms with E-state index in [0.717, 1.165) is 5.69 Å².